The van der Waals surface area contributed by atoms with Gasteiger partial charge in [-0.1, -0.05) is 52.8 Å². The van der Waals surface area contributed by atoms with E-state index in [1.54, 1.807) is 26.0 Å². The molecule has 0 spiro atoms. The molecule has 1 aromatic heterocycles. The van der Waals surface area contributed by atoms with Gasteiger partial charge in [-0.2, -0.15) is 4.39 Å². The first-order valence-electron chi connectivity index (χ1n) is 12.6. The molecule has 0 bridgehead atoms. The van der Waals surface area contributed by atoms with Gasteiger partial charge in [0.1, 0.15) is 17.8 Å². The fraction of sp³-hybridized carbons (Fsp3) is 0.500. The number of phenolic OH excluding ortho intramolecular Hbond substituents is 1. The van der Waals surface area contributed by atoms with Gasteiger partial charge in [-0.15, -0.1) is 0 Å². The Morgan fingerprint density at radius 1 is 1.00 bits per heavy atom. The van der Waals surface area contributed by atoms with Crippen molar-refractivity contribution in [2.24, 2.45) is 17.4 Å². The van der Waals surface area contributed by atoms with Gasteiger partial charge in [0.15, 0.2) is 0 Å². The van der Waals surface area contributed by atoms with Gasteiger partial charge in [-0.25, -0.2) is 4.98 Å². The normalized spacial score (nSPS) is 14.1. The lowest BCUT2D eigenvalue weighted by Crippen LogP contribution is -2.58. The van der Waals surface area contributed by atoms with E-state index in [1.165, 1.54) is 42.2 Å². The van der Waals surface area contributed by atoms with E-state index in [0.717, 1.165) is 5.56 Å². The van der Waals surface area contributed by atoms with E-state index in [2.05, 4.69) is 4.98 Å². The number of pyridine rings is 1. The third-order valence-electron chi connectivity index (χ3n) is 6.65. The van der Waals surface area contributed by atoms with Gasteiger partial charge in [-0.3, -0.25) is 14.4 Å². The molecule has 1 aromatic carbocycles. The summed E-state index contributed by atoms with van der Waals surface area (Å²) in [6, 6.07) is 4.89. The summed E-state index contributed by atoms with van der Waals surface area (Å²) in [7, 11) is 2.98. The van der Waals surface area contributed by atoms with Gasteiger partial charge in [-0.05, 0) is 46.6 Å². The van der Waals surface area contributed by atoms with Crippen molar-refractivity contribution in [2.75, 3.05) is 14.1 Å². The Hall–Kier alpha value is -3.53. The molecule has 2 rings (SSSR count). The maximum Gasteiger partial charge on any atom is 0.246 e. The number of nitrogens with zero attached hydrogens (tertiary/aromatic N) is 3. The van der Waals surface area contributed by atoms with Gasteiger partial charge in [0.2, 0.25) is 23.7 Å². The number of primary amides is 1. The average molecular weight is 530 g/mol. The number of hydrogen-bond donors (Lipinski definition) is 3. The van der Waals surface area contributed by atoms with Crippen LogP contribution in [0.1, 0.15) is 51.3 Å². The van der Waals surface area contributed by atoms with E-state index >= 15 is 0 Å². The van der Waals surface area contributed by atoms with E-state index in [0.29, 0.717) is 11.1 Å². The monoisotopic (exact) mass is 529 g/mol. The third-order valence-corrected chi connectivity index (χ3v) is 6.65. The summed E-state index contributed by atoms with van der Waals surface area (Å²) in [6.07, 6.45) is 1.57. The number of halogens is 1. The highest BCUT2D eigenvalue weighted by atomic mass is 19.1. The maximum absolute atomic E-state index is 13.7. The van der Waals surface area contributed by atoms with Gasteiger partial charge in [0.05, 0.1) is 6.04 Å². The third kappa shape index (κ3) is 7.50. The van der Waals surface area contributed by atoms with Crippen molar-refractivity contribution in [3.63, 3.8) is 0 Å². The van der Waals surface area contributed by atoms with E-state index in [1.807, 2.05) is 26.8 Å². The molecule has 5 N–H and O–H groups in total. The number of benzene rings is 1. The first kappa shape index (κ1) is 30.7. The predicted molar refractivity (Wildman–Crippen MR) is 144 cm³/mol. The number of carbonyl (C=O) groups excluding carboxylic acids is 3. The highest BCUT2D eigenvalue weighted by molar-refractivity contribution is 5.92. The number of likely N-dealkylation sites (N-methyl/N-ethyl adjacent to an activating group) is 2. The largest absolute Gasteiger partial charge is 0.508 e. The molecule has 0 radical (unpaired) electrons. The van der Waals surface area contributed by atoms with Gasteiger partial charge in [0.25, 0.3) is 0 Å². The van der Waals surface area contributed by atoms with Crippen molar-refractivity contribution >= 4 is 17.7 Å². The maximum atomic E-state index is 13.7. The zero-order chi connectivity index (χ0) is 28.9. The van der Waals surface area contributed by atoms with Crippen LogP contribution >= 0.6 is 0 Å². The molecule has 3 atom stereocenters. The lowest BCUT2D eigenvalue weighted by molar-refractivity contribution is -0.149. The molecule has 0 saturated heterocycles. The van der Waals surface area contributed by atoms with E-state index in [9.17, 15) is 23.9 Å². The summed E-state index contributed by atoms with van der Waals surface area (Å²) >= 11 is 0. The second kappa shape index (κ2) is 12.3. The van der Waals surface area contributed by atoms with Crippen molar-refractivity contribution in [1.29, 1.82) is 0 Å². The minimum absolute atomic E-state index is 0.117. The Labute approximate surface area is 224 Å². The molecule has 0 fully saturated rings. The highest BCUT2D eigenvalue weighted by Gasteiger charge is 2.37. The van der Waals surface area contributed by atoms with Gasteiger partial charge < -0.3 is 26.4 Å². The Balaban J connectivity index is 2.26. The van der Waals surface area contributed by atoms with Crippen LogP contribution in [0.5, 0.6) is 5.75 Å². The second-order valence-corrected chi connectivity index (χ2v) is 11.1. The fourth-order valence-corrected chi connectivity index (χ4v) is 4.49. The van der Waals surface area contributed by atoms with Crippen LogP contribution < -0.4 is 11.5 Å². The molecule has 208 valence electrons. The number of phenols is 1. The Morgan fingerprint density at radius 3 is 2.11 bits per heavy atom. The summed E-state index contributed by atoms with van der Waals surface area (Å²) in [4.78, 5) is 45.4. The quantitative estimate of drug-likeness (QED) is 0.403. The Morgan fingerprint density at radius 2 is 1.61 bits per heavy atom. The minimum Gasteiger partial charge on any atom is -0.508 e. The van der Waals surface area contributed by atoms with Crippen LogP contribution in [-0.2, 0) is 32.6 Å². The topological polar surface area (TPSA) is 143 Å². The van der Waals surface area contributed by atoms with Crippen molar-refractivity contribution < 1.29 is 23.9 Å². The van der Waals surface area contributed by atoms with Crippen molar-refractivity contribution in [2.45, 2.75) is 71.0 Å². The molecule has 9 nitrogen and oxygen atoms in total. The lowest BCUT2D eigenvalue weighted by atomic mass is 9.84. The summed E-state index contributed by atoms with van der Waals surface area (Å²) in [6.45, 7) is 9.48. The number of carbonyl (C=O) groups is 3. The highest BCUT2D eigenvalue weighted by Crippen LogP contribution is 2.31. The van der Waals surface area contributed by atoms with Crippen LogP contribution in [0.2, 0.25) is 0 Å². The van der Waals surface area contributed by atoms with Gasteiger partial charge >= 0.3 is 0 Å². The standard InChI is InChI=1S/C28H40FN5O4/c1-16(2)24(34(7)26(37)20(30)13-18-9-11-23(29)32-15-18)27(38)33(6)21(25(31)36)14-17-8-10-22(35)19(12-17)28(3,4)5/h8-12,15-16,20-21,24,35H,13-14,30H2,1-7H3,(H2,31,36)/t20?,21-,24-/m0/s1. The SMILES string of the molecule is CC(C)[C@@H](C(=O)N(C)[C@@H](Cc1ccc(O)c(C(C)(C)C)c1)C(N)=O)N(C)C(=O)C(N)Cc1ccc(F)nc1. The van der Waals surface area contributed by atoms with Crippen molar-refractivity contribution in [1.82, 2.24) is 14.8 Å². The molecule has 2 aromatic rings. The molecule has 3 amide bonds. The first-order chi connectivity index (χ1) is 17.5. The van der Waals surface area contributed by atoms with Crippen LogP contribution in [0.15, 0.2) is 36.5 Å². The molecule has 38 heavy (non-hydrogen) atoms. The number of aromatic hydroxyl groups is 1. The molecule has 1 unspecified atom stereocenters. The van der Waals surface area contributed by atoms with Crippen molar-refractivity contribution in [3.8, 4) is 5.75 Å². The van der Waals surface area contributed by atoms with Crippen LogP contribution in [-0.4, -0.2) is 69.8 Å². The zero-order valence-corrected chi connectivity index (χ0v) is 23.2. The Kier molecular flexibility index (Phi) is 9.97. The second-order valence-electron chi connectivity index (χ2n) is 11.1. The Bertz CT molecular complexity index is 1150. The lowest BCUT2D eigenvalue weighted by Gasteiger charge is -2.36. The number of aromatic nitrogens is 1. The van der Waals surface area contributed by atoms with Crippen LogP contribution in [0.3, 0.4) is 0 Å². The summed E-state index contributed by atoms with van der Waals surface area (Å²) < 4.78 is 13.1. The predicted octanol–water partition coefficient (Wildman–Crippen LogP) is 2.13. The van der Waals surface area contributed by atoms with E-state index in [4.69, 9.17) is 11.5 Å². The van der Waals surface area contributed by atoms with Crippen LogP contribution in [0, 0.1) is 11.9 Å². The first-order valence-corrected chi connectivity index (χ1v) is 12.6. The van der Waals surface area contributed by atoms with Crippen molar-refractivity contribution in [3.05, 3.63) is 59.2 Å². The molecule has 0 aliphatic heterocycles. The number of hydrogen-bond acceptors (Lipinski definition) is 6. The smallest absolute Gasteiger partial charge is 0.246 e. The summed E-state index contributed by atoms with van der Waals surface area (Å²) in [5.41, 5.74) is 13.6. The number of rotatable bonds is 10. The molecule has 0 aliphatic carbocycles. The van der Waals surface area contributed by atoms with Crippen LogP contribution in [0.25, 0.3) is 0 Å². The fourth-order valence-electron chi connectivity index (χ4n) is 4.49. The van der Waals surface area contributed by atoms with Gasteiger partial charge in [0, 0.05) is 26.7 Å². The molecule has 1 heterocycles. The summed E-state index contributed by atoms with van der Waals surface area (Å²) in [5.74, 6) is -2.40. The zero-order valence-electron chi connectivity index (χ0n) is 23.2. The molecule has 0 aliphatic rings. The average Bonchev–Trinajstić information content (AvgIpc) is 2.82. The van der Waals surface area contributed by atoms with Crippen LogP contribution in [0.4, 0.5) is 4.39 Å². The number of amides is 3. The number of nitrogens with two attached hydrogens (primary N) is 2. The molecule has 10 heteroatoms. The summed E-state index contributed by atoms with van der Waals surface area (Å²) in [5, 5.41) is 10.3. The van der Waals surface area contributed by atoms with E-state index < -0.39 is 41.8 Å². The molecule has 0 saturated carbocycles. The minimum atomic E-state index is -0.983. The molecular weight excluding hydrogens is 489 g/mol. The van der Waals surface area contributed by atoms with E-state index in [-0.39, 0.29) is 29.9 Å². The molecular formula is C28H40FN5O4.